The normalized spacial score (nSPS) is 24.7. The molecule has 23 heavy (non-hydrogen) atoms. The maximum Gasteiger partial charge on any atom is 0.228 e. The Hall–Kier alpha value is -0.883. The molecule has 134 valence electrons. The lowest BCUT2D eigenvalue weighted by molar-refractivity contribution is -0.144. The number of rotatable bonds is 6. The highest BCUT2D eigenvalue weighted by Crippen LogP contribution is 2.39. The second kappa shape index (κ2) is 6.93. The van der Waals surface area contributed by atoms with Crippen molar-refractivity contribution in [1.29, 1.82) is 0 Å². The summed E-state index contributed by atoms with van der Waals surface area (Å²) in [5.41, 5.74) is 0. The molecule has 0 saturated carbocycles. The van der Waals surface area contributed by atoms with Gasteiger partial charge in [0.2, 0.25) is 11.8 Å². The summed E-state index contributed by atoms with van der Waals surface area (Å²) in [6.07, 6.45) is -0.177. The average Bonchev–Trinajstić information content (AvgIpc) is 2.31. The van der Waals surface area contributed by atoms with Crippen LogP contribution in [-0.2, 0) is 14.0 Å². The molecule has 1 saturated heterocycles. The Kier molecular flexibility index (Phi) is 6.07. The van der Waals surface area contributed by atoms with Crippen molar-refractivity contribution in [2.24, 2.45) is 11.8 Å². The third-order valence-corrected chi connectivity index (χ3v) is 9.75. The molecule has 1 heterocycles. The summed E-state index contributed by atoms with van der Waals surface area (Å²) in [5, 5.41) is 5.90. The van der Waals surface area contributed by atoms with Gasteiger partial charge in [-0.05, 0) is 38.9 Å². The van der Waals surface area contributed by atoms with E-state index in [0.717, 1.165) is 0 Å². The summed E-state index contributed by atoms with van der Waals surface area (Å²) < 4.78 is 6.36. The minimum Gasteiger partial charge on any atom is -0.413 e. The number of carbonyl (C=O) groups excluding carboxylic acids is 2. The lowest BCUT2D eigenvalue weighted by Crippen LogP contribution is -2.67. The van der Waals surface area contributed by atoms with Crippen LogP contribution in [0.15, 0.2) is 0 Å². The van der Waals surface area contributed by atoms with Crippen LogP contribution in [0, 0.1) is 11.8 Å². The Labute approximate surface area is 142 Å². The highest BCUT2D eigenvalue weighted by Gasteiger charge is 2.50. The number of amides is 2. The minimum absolute atomic E-state index is 0.00888. The number of β-lactam (4-membered cyclic amide) rings is 1. The maximum absolute atomic E-state index is 12.2. The molecular weight excluding hydrogens is 308 g/mol. The number of hydrogen-bond acceptors (Lipinski definition) is 3. The fourth-order valence-electron chi connectivity index (χ4n) is 2.65. The second-order valence-corrected chi connectivity index (χ2v) is 13.4. The van der Waals surface area contributed by atoms with E-state index < -0.39 is 8.32 Å². The standard InChI is InChI=1S/C17H34N2O3Si/c1-10(2)18-15(20)11(3)14-13(16(21)19-14)12(4)22-23(8,9)17(5,6)7/h10-14H,1-9H3,(H,18,20)(H,19,21)/t11-,12-,13-,14-/m1/s1. The second-order valence-electron chi connectivity index (χ2n) is 8.60. The molecule has 1 aliphatic rings. The van der Waals surface area contributed by atoms with Crippen molar-refractivity contribution in [3.8, 4) is 0 Å². The van der Waals surface area contributed by atoms with E-state index in [-0.39, 0.29) is 46.9 Å². The molecular formula is C17H34N2O3Si. The first-order valence-corrected chi connectivity index (χ1v) is 11.5. The van der Waals surface area contributed by atoms with Gasteiger partial charge >= 0.3 is 0 Å². The fraction of sp³-hybridized carbons (Fsp3) is 0.882. The molecule has 0 radical (unpaired) electrons. The third kappa shape index (κ3) is 4.56. The molecule has 6 heteroatoms. The maximum atomic E-state index is 12.2. The van der Waals surface area contributed by atoms with Gasteiger partial charge in [-0.2, -0.15) is 0 Å². The molecule has 0 spiro atoms. The number of carbonyl (C=O) groups is 2. The van der Waals surface area contributed by atoms with E-state index in [4.69, 9.17) is 4.43 Å². The summed E-state index contributed by atoms with van der Waals surface area (Å²) in [6, 6.07) is -0.0545. The van der Waals surface area contributed by atoms with Gasteiger partial charge in [0.05, 0.1) is 24.0 Å². The van der Waals surface area contributed by atoms with Crippen LogP contribution < -0.4 is 10.6 Å². The van der Waals surface area contributed by atoms with Gasteiger partial charge in [0.15, 0.2) is 8.32 Å². The van der Waals surface area contributed by atoms with Crippen molar-refractivity contribution in [3.63, 3.8) is 0 Å². The van der Waals surface area contributed by atoms with E-state index in [1.165, 1.54) is 0 Å². The molecule has 5 nitrogen and oxygen atoms in total. The van der Waals surface area contributed by atoms with Crippen molar-refractivity contribution in [3.05, 3.63) is 0 Å². The van der Waals surface area contributed by atoms with E-state index in [1.807, 2.05) is 27.7 Å². The first-order chi connectivity index (χ1) is 10.3. The lowest BCUT2D eigenvalue weighted by Gasteiger charge is -2.46. The van der Waals surface area contributed by atoms with Crippen molar-refractivity contribution < 1.29 is 14.0 Å². The lowest BCUT2D eigenvalue weighted by atomic mass is 9.78. The topological polar surface area (TPSA) is 67.4 Å². The molecule has 4 atom stereocenters. The number of nitrogens with one attached hydrogen (secondary N) is 2. The van der Waals surface area contributed by atoms with Gasteiger partial charge in [-0.3, -0.25) is 9.59 Å². The van der Waals surface area contributed by atoms with Crippen LogP contribution in [0.25, 0.3) is 0 Å². The minimum atomic E-state index is -1.94. The largest absolute Gasteiger partial charge is 0.413 e. The van der Waals surface area contributed by atoms with E-state index in [0.29, 0.717) is 0 Å². The van der Waals surface area contributed by atoms with E-state index >= 15 is 0 Å². The van der Waals surface area contributed by atoms with Gasteiger partial charge in [-0.25, -0.2) is 0 Å². The van der Waals surface area contributed by atoms with Crippen LogP contribution in [0.3, 0.4) is 0 Å². The quantitative estimate of drug-likeness (QED) is 0.576. The molecule has 1 fully saturated rings. The van der Waals surface area contributed by atoms with Crippen molar-refractivity contribution >= 4 is 20.1 Å². The van der Waals surface area contributed by atoms with Crippen molar-refractivity contribution in [1.82, 2.24) is 10.6 Å². The van der Waals surface area contributed by atoms with E-state index in [2.05, 4.69) is 44.5 Å². The molecule has 2 N–H and O–H groups in total. The first-order valence-electron chi connectivity index (χ1n) is 8.56. The molecule has 0 aliphatic carbocycles. The molecule has 1 aliphatic heterocycles. The predicted octanol–water partition coefficient (Wildman–Crippen LogP) is 2.67. The smallest absolute Gasteiger partial charge is 0.228 e. The van der Waals surface area contributed by atoms with Crippen LogP contribution in [0.4, 0.5) is 0 Å². The van der Waals surface area contributed by atoms with E-state index in [1.54, 1.807) is 0 Å². The summed E-state index contributed by atoms with van der Waals surface area (Å²) in [6.45, 7) is 18.6. The molecule has 1 rings (SSSR count). The molecule has 0 bridgehead atoms. The van der Waals surface area contributed by atoms with Crippen molar-refractivity contribution in [2.45, 2.75) is 84.8 Å². The van der Waals surface area contributed by atoms with Gasteiger partial charge < -0.3 is 15.1 Å². The van der Waals surface area contributed by atoms with E-state index in [9.17, 15) is 9.59 Å². The van der Waals surface area contributed by atoms with Gasteiger partial charge in [-0.15, -0.1) is 0 Å². The molecule has 0 aromatic heterocycles. The Morgan fingerprint density at radius 3 is 2.13 bits per heavy atom. The molecule has 0 unspecified atom stereocenters. The van der Waals surface area contributed by atoms with Crippen LogP contribution in [0.2, 0.25) is 18.1 Å². The Morgan fingerprint density at radius 2 is 1.74 bits per heavy atom. The average molecular weight is 343 g/mol. The SMILES string of the molecule is CC(C)NC(=O)[C@H](C)[C@H]1NC(=O)[C@@H]1[C@@H](C)O[Si](C)(C)C(C)(C)C. The Balaban J connectivity index is 2.78. The van der Waals surface area contributed by atoms with Crippen LogP contribution in [0.5, 0.6) is 0 Å². The van der Waals surface area contributed by atoms with Crippen LogP contribution in [0.1, 0.15) is 48.5 Å². The summed E-state index contributed by atoms with van der Waals surface area (Å²) in [4.78, 5) is 24.3. The molecule has 0 aromatic rings. The van der Waals surface area contributed by atoms with Crippen LogP contribution >= 0.6 is 0 Å². The Morgan fingerprint density at radius 1 is 1.22 bits per heavy atom. The highest BCUT2D eigenvalue weighted by atomic mass is 28.4. The zero-order valence-electron chi connectivity index (χ0n) is 16.1. The summed E-state index contributed by atoms with van der Waals surface area (Å²) in [5.74, 6) is -0.539. The third-order valence-electron chi connectivity index (χ3n) is 5.17. The van der Waals surface area contributed by atoms with Gasteiger partial charge in [0, 0.05) is 6.04 Å². The van der Waals surface area contributed by atoms with Gasteiger partial charge in [0.25, 0.3) is 0 Å². The first kappa shape index (κ1) is 20.2. The summed E-state index contributed by atoms with van der Waals surface area (Å²) in [7, 11) is -1.94. The Bertz CT molecular complexity index is 457. The number of hydrogen-bond donors (Lipinski definition) is 2. The van der Waals surface area contributed by atoms with Crippen molar-refractivity contribution in [2.75, 3.05) is 0 Å². The fourth-order valence-corrected chi connectivity index (χ4v) is 4.08. The summed E-state index contributed by atoms with van der Waals surface area (Å²) >= 11 is 0. The molecule has 2 amide bonds. The zero-order valence-corrected chi connectivity index (χ0v) is 17.1. The monoisotopic (exact) mass is 342 g/mol. The van der Waals surface area contributed by atoms with Crippen LogP contribution in [-0.4, -0.2) is 38.3 Å². The molecule has 0 aromatic carbocycles. The van der Waals surface area contributed by atoms with Gasteiger partial charge in [-0.1, -0.05) is 27.7 Å². The van der Waals surface area contributed by atoms with Gasteiger partial charge in [0.1, 0.15) is 0 Å². The predicted molar refractivity (Wildman–Crippen MR) is 95.6 cm³/mol. The highest BCUT2D eigenvalue weighted by molar-refractivity contribution is 6.74. The zero-order chi connectivity index (χ0) is 18.2.